The molecule has 8 nitrogen and oxygen atoms in total. The smallest absolute Gasteiger partial charge is 0.481 e. The number of benzene rings is 2. The van der Waals surface area contributed by atoms with E-state index < -0.39 is 18.2 Å². The van der Waals surface area contributed by atoms with E-state index >= 15 is 0 Å². The van der Waals surface area contributed by atoms with Crippen molar-refractivity contribution in [1.82, 2.24) is 0 Å². The van der Waals surface area contributed by atoms with Crippen molar-refractivity contribution < 1.29 is 42.1 Å². The van der Waals surface area contributed by atoms with Crippen molar-refractivity contribution in [1.29, 1.82) is 0 Å². The molecule has 0 saturated carbocycles. The van der Waals surface area contributed by atoms with Gasteiger partial charge in [0.05, 0.1) is 30.8 Å². The fraction of sp³-hybridized carbons (Fsp3) is 0.517. The van der Waals surface area contributed by atoms with Crippen molar-refractivity contribution in [2.45, 2.75) is 57.9 Å². The van der Waals surface area contributed by atoms with Crippen LogP contribution in [0.1, 0.15) is 50.2 Å². The lowest BCUT2D eigenvalue weighted by Gasteiger charge is -2.38. The summed E-state index contributed by atoms with van der Waals surface area (Å²) in [5.74, 6) is -1.78. The van der Waals surface area contributed by atoms with Crippen LogP contribution in [0.3, 0.4) is 0 Å². The minimum Gasteiger partial charge on any atom is -0.481 e. The number of rotatable bonds is 13. The van der Waals surface area contributed by atoms with Gasteiger partial charge in [0.2, 0.25) is 5.91 Å². The van der Waals surface area contributed by atoms with Gasteiger partial charge in [-0.15, -0.1) is 13.2 Å². The molecule has 0 bridgehead atoms. The Balaban J connectivity index is 1.92. The van der Waals surface area contributed by atoms with E-state index in [1.807, 2.05) is 12.1 Å². The van der Waals surface area contributed by atoms with Crippen LogP contribution in [0.25, 0.3) is 0 Å². The number of hydrogen-bond acceptors (Lipinski definition) is 6. The maximum Gasteiger partial charge on any atom is 0.573 e. The van der Waals surface area contributed by atoms with Crippen molar-refractivity contribution >= 4 is 23.3 Å². The zero-order chi connectivity index (χ0) is 29.3. The molecule has 1 aliphatic heterocycles. The van der Waals surface area contributed by atoms with E-state index in [0.29, 0.717) is 35.9 Å². The Bertz CT molecular complexity index is 1120. The highest BCUT2D eigenvalue weighted by atomic mass is 19.4. The van der Waals surface area contributed by atoms with Crippen LogP contribution in [0.2, 0.25) is 0 Å². The number of carboxylic acid groups (broad SMARTS) is 1. The lowest BCUT2D eigenvalue weighted by atomic mass is 9.94. The summed E-state index contributed by atoms with van der Waals surface area (Å²) in [6.45, 7) is 6.45. The molecule has 3 rings (SSSR count). The van der Waals surface area contributed by atoms with Crippen LogP contribution in [0.5, 0.6) is 5.75 Å². The summed E-state index contributed by atoms with van der Waals surface area (Å²) in [5.41, 5.74) is 2.58. The molecule has 1 saturated heterocycles. The van der Waals surface area contributed by atoms with Crippen LogP contribution in [0.15, 0.2) is 42.5 Å². The number of hydrogen-bond donors (Lipinski definition) is 2. The van der Waals surface area contributed by atoms with Gasteiger partial charge in [0.25, 0.3) is 0 Å². The van der Waals surface area contributed by atoms with Gasteiger partial charge < -0.3 is 29.5 Å². The summed E-state index contributed by atoms with van der Waals surface area (Å²) in [6.07, 6.45) is -3.34. The second kappa shape index (κ2) is 14.4. The fourth-order valence-corrected chi connectivity index (χ4v) is 4.87. The minimum absolute atomic E-state index is 0.0754. The third kappa shape index (κ3) is 9.71. The standard InChI is InChI=1S/C29H37F3N2O6/c1-19(2)17-34(23-10-12-39-13-11-23)26-9-6-21(22(18-38-3)16-28(36)37)15-25(26)33-27(35)14-20-4-7-24(8-5-20)40-29(30,31)32/h4-9,15,19,22-23H,10-14,16-18H2,1-3H3,(H,33,35)(H,36,37). The normalized spacial score (nSPS) is 15.1. The van der Waals surface area contributed by atoms with Crippen molar-refractivity contribution in [3.8, 4) is 5.75 Å². The summed E-state index contributed by atoms with van der Waals surface area (Å²) in [7, 11) is 1.51. The Labute approximate surface area is 232 Å². The molecule has 2 aromatic rings. The van der Waals surface area contributed by atoms with Crippen molar-refractivity contribution in [2.75, 3.05) is 43.7 Å². The van der Waals surface area contributed by atoms with Crippen LogP contribution in [0, 0.1) is 5.92 Å². The van der Waals surface area contributed by atoms with Crippen LogP contribution < -0.4 is 15.0 Å². The third-order valence-corrected chi connectivity index (χ3v) is 6.58. The summed E-state index contributed by atoms with van der Waals surface area (Å²) in [4.78, 5) is 27.0. The fourth-order valence-electron chi connectivity index (χ4n) is 4.87. The maximum absolute atomic E-state index is 13.2. The number of ether oxygens (including phenoxy) is 3. The third-order valence-electron chi connectivity index (χ3n) is 6.58. The van der Waals surface area contributed by atoms with E-state index in [2.05, 4.69) is 28.8 Å². The molecule has 1 fully saturated rings. The summed E-state index contributed by atoms with van der Waals surface area (Å²) in [5, 5.41) is 12.4. The monoisotopic (exact) mass is 566 g/mol. The zero-order valence-corrected chi connectivity index (χ0v) is 23.0. The van der Waals surface area contributed by atoms with Crippen LogP contribution in [0.4, 0.5) is 24.5 Å². The topological polar surface area (TPSA) is 97.3 Å². The highest BCUT2D eigenvalue weighted by Crippen LogP contribution is 2.35. The number of carboxylic acids is 1. The molecule has 1 aliphatic rings. The van der Waals surface area contributed by atoms with Crippen LogP contribution >= 0.6 is 0 Å². The molecule has 220 valence electrons. The molecule has 1 amide bonds. The molecule has 0 aromatic heterocycles. The van der Waals surface area contributed by atoms with E-state index in [0.717, 1.165) is 25.1 Å². The average molecular weight is 567 g/mol. The number of carbonyl (C=O) groups is 2. The molecule has 0 radical (unpaired) electrons. The highest BCUT2D eigenvalue weighted by Gasteiger charge is 2.31. The van der Waals surface area contributed by atoms with Gasteiger partial charge in [0.15, 0.2) is 0 Å². The first-order chi connectivity index (χ1) is 18.9. The molecule has 0 aliphatic carbocycles. The second-order valence-electron chi connectivity index (χ2n) is 10.3. The summed E-state index contributed by atoms with van der Waals surface area (Å²) in [6, 6.07) is 10.9. The minimum atomic E-state index is -4.80. The largest absolute Gasteiger partial charge is 0.573 e. The predicted octanol–water partition coefficient (Wildman–Crippen LogP) is 5.61. The number of amides is 1. The maximum atomic E-state index is 13.2. The molecular weight excluding hydrogens is 529 g/mol. The van der Waals surface area contributed by atoms with E-state index in [9.17, 15) is 27.9 Å². The van der Waals surface area contributed by atoms with Gasteiger partial charge in [-0.3, -0.25) is 9.59 Å². The average Bonchev–Trinajstić information content (AvgIpc) is 2.87. The van der Waals surface area contributed by atoms with E-state index in [1.165, 1.54) is 31.4 Å². The Morgan fingerprint density at radius 1 is 1.12 bits per heavy atom. The number of nitrogens with one attached hydrogen (secondary N) is 1. The molecule has 40 heavy (non-hydrogen) atoms. The van der Waals surface area contributed by atoms with Gasteiger partial charge in [0, 0.05) is 38.8 Å². The predicted molar refractivity (Wildman–Crippen MR) is 145 cm³/mol. The van der Waals surface area contributed by atoms with E-state index in [4.69, 9.17) is 9.47 Å². The first-order valence-corrected chi connectivity index (χ1v) is 13.3. The number of anilines is 2. The zero-order valence-electron chi connectivity index (χ0n) is 23.0. The van der Waals surface area contributed by atoms with Crippen molar-refractivity contribution in [3.63, 3.8) is 0 Å². The number of aliphatic carboxylic acids is 1. The van der Waals surface area contributed by atoms with Gasteiger partial charge in [-0.05, 0) is 54.2 Å². The number of alkyl halides is 3. The summed E-state index contributed by atoms with van der Waals surface area (Å²) < 4.78 is 52.2. The van der Waals surface area contributed by atoms with Crippen molar-refractivity contribution in [2.24, 2.45) is 5.92 Å². The molecule has 1 unspecified atom stereocenters. The highest BCUT2D eigenvalue weighted by molar-refractivity contribution is 5.96. The van der Waals surface area contributed by atoms with Gasteiger partial charge in [-0.2, -0.15) is 0 Å². The SMILES string of the molecule is COCC(CC(=O)O)c1ccc(N(CC(C)C)C2CCOCC2)c(NC(=O)Cc2ccc(OC(F)(F)F)cc2)c1. The molecular formula is C29H37F3N2O6. The summed E-state index contributed by atoms with van der Waals surface area (Å²) >= 11 is 0. The van der Waals surface area contributed by atoms with Gasteiger partial charge in [0.1, 0.15) is 5.75 Å². The van der Waals surface area contributed by atoms with E-state index in [-0.39, 0.29) is 37.1 Å². The first kappa shape index (κ1) is 31.2. The molecule has 1 heterocycles. The molecule has 0 spiro atoms. The number of carbonyl (C=O) groups excluding carboxylic acids is 1. The number of methoxy groups -OCH3 is 1. The van der Waals surface area contributed by atoms with Crippen LogP contribution in [-0.4, -0.2) is 62.9 Å². The Morgan fingerprint density at radius 2 is 1.80 bits per heavy atom. The Morgan fingerprint density at radius 3 is 2.38 bits per heavy atom. The second-order valence-corrected chi connectivity index (χ2v) is 10.3. The van der Waals surface area contributed by atoms with Gasteiger partial charge in [-0.1, -0.05) is 32.0 Å². The number of halogens is 3. The lowest BCUT2D eigenvalue weighted by molar-refractivity contribution is -0.274. The molecule has 1 atom stereocenters. The quantitative estimate of drug-likeness (QED) is 0.325. The Kier molecular flexibility index (Phi) is 11.2. The number of nitrogens with zero attached hydrogens (tertiary/aromatic N) is 1. The first-order valence-electron chi connectivity index (χ1n) is 13.3. The van der Waals surface area contributed by atoms with Crippen LogP contribution in [-0.2, 0) is 25.5 Å². The van der Waals surface area contributed by atoms with Crippen molar-refractivity contribution in [3.05, 3.63) is 53.6 Å². The van der Waals surface area contributed by atoms with E-state index in [1.54, 1.807) is 6.07 Å². The molecule has 2 N–H and O–H groups in total. The Hall–Kier alpha value is -3.31. The van der Waals surface area contributed by atoms with Gasteiger partial charge in [-0.25, -0.2) is 0 Å². The van der Waals surface area contributed by atoms with Gasteiger partial charge >= 0.3 is 12.3 Å². The molecule has 2 aromatic carbocycles. The molecule has 11 heteroatoms. The lowest BCUT2D eigenvalue weighted by Crippen LogP contribution is -2.42.